The average molecular weight is 296 g/mol. The molecule has 0 aliphatic heterocycles. The van der Waals surface area contributed by atoms with E-state index in [4.69, 9.17) is 16.3 Å². The van der Waals surface area contributed by atoms with Crippen LogP contribution in [0.3, 0.4) is 0 Å². The second kappa shape index (κ2) is 6.24. The van der Waals surface area contributed by atoms with Crippen molar-refractivity contribution in [2.24, 2.45) is 0 Å². The second-order valence-electron chi connectivity index (χ2n) is 4.87. The Hall–Kier alpha value is -1.59. The molecule has 0 spiro atoms. The molecule has 0 aliphatic rings. The van der Waals surface area contributed by atoms with Crippen LogP contribution in [-0.4, -0.2) is 19.9 Å². The first kappa shape index (κ1) is 14.8. The topological polar surface area (TPSA) is 60.2 Å². The van der Waals surface area contributed by atoms with Gasteiger partial charge in [0.05, 0.1) is 11.1 Å². The Morgan fingerprint density at radius 3 is 2.70 bits per heavy atom. The lowest BCUT2D eigenvalue weighted by Gasteiger charge is -2.12. The molecule has 2 aromatic rings. The maximum atomic E-state index is 9.50. The fourth-order valence-corrected chi connectivity index (χ4v) is 2.09. The Labute approximate surface area is 123 Å². The Kier molecular flexibility index (Phi) is 4.62. The van der Waals surface area contributed by atoms with E-state index in [9.17, 15) is 5.11 Å². The van der Waals surface area contributed by atoms with Crippen molar-refractivity contribution in [2.45, 2.75) is 39.5 Å². The summed E-state index contributed by atoms with van der Waals surface area (Å²) in [7, 11) is 0. The predicted octanol–water partition coefficient (Wildman–Crippen LogP) is 3.14. The maximum absolute atomic E-state index is 9.50. The molecule has 0 saturated carbocycles. The van der Waals surface area contributed by atoms with E-state index < -0.39 is 6.10 Å². The molecular formula is C14H18ClN3O2. The minimum atomic E-state index is -0.550. The smallest absolute Gasteiger partial charge is 0.165 e. The van der Waals surface area contributed by atoms with Gasteiger partial charge in [0.2, 0.25) is 0 Å². The van der Waals surface area contributed by atoms with Crippen molar-refractivity contribution in [3.05, 3.63) is 40.9 Å². The highest BCUT2D eigenvalue weighted by molar-refractivity contribution is 6.32. The molecule has 0 saturated heterocycles. The lowest BCUT2D eigenvalue weighted by molar-refractivity contribution is 0.199. The van der Waals surface area contributed by atoms with Gasteiger partial charge in [0.25, 0.3) is 0 Å². The summed E-state index contributed by atoms with van der Waals surface area (Å²) in [6.07, 6.45) is 0.960. The third-order valence-corrected chi connectivity index (χ3v) is 3.23. The van der Waals surface area contributed by atoms with Gasteiger partial charge in [-0.2, -0.15) is 5.10 Å². The third-order valence-electron chi connectivity index (χ3n) is 2.93. The molecule has 20 heavy (non-hydrogen) atoms. The lowest BCUT2D eigenvalue weighted by atomic mass is 10.1. The third kappa shape index (κ3) is 3.29. The van der Waals surface area contributed by atoms with Crippen LogP contribution in [0.4, 0.5) is 0 Å². The fourth-order valence-electron chi connectivity index (χ4n) is 1.84. The standard InChI is InChI=1S/C14H18ClN3O2/c1-9(2)18-14(16-8-17-18)7-20-13-5-4-11(10(3)19)6-12(13)15/h4-6,8-10,19H,7H2,1-3H3. The quantitative estimate of drug-likeness (QED) is 0.920. The Bertz CT molecular complexity index is 582. The number of aliphatic hydroxyl groups excluding tert-OH is 1. The maximum Gasteiger partial charge on any atom is 0.165 e. The zero-order valence-corrected chi connectivity index (χ0v) is 12.5. The Balaban J connectivity index is 2.09. The monoisotopic (exact) mass is 295 g/mol. The number of rotatable bonds is 5. The van der Waals surface area contributed by atoms with Crippen LogP contribution in [-0.2, 0) is 6.61 Å². The lowest BCUT2D eigenvalue weighted by Crippen LogP contribution is -2.10. The minimum absolute atomic E-state index is 0.226. The summed E-state index contributed by atoms with van der Waals surface area (Å²) in [4.78, 5) is 4.17. The van der Waals surface area contributed by atoms with E-state index in [0.717, 1.165) is 11.4 Å². The highest BCUT2D eigenvalue weighted by Crippen LogP contribution is 2.28. The first-order valence-electron chi connectivity index (χ1n) is 6.47. The molecule has 0 amide bonds. The van der Waals surface area contributed by atoms with Gasteiger partial charge >= 0.3 is 0 Å². The molecule has 6 heteroatoms. The van der Waals surface area contributed by atoms with E-state index >= 15 is 0 Å². The highest BCUT2D eigenvalue weighted by Gasteiger charge is 2.10. The van der Waals surface area contributed by atoms with E-state index in [2.05, 4.69) is 10.1 Å². The average Bonchev–Trinajstić information content (AvgIpc) is 2.85. The Morgan fingerprint density at radius 1 is 1.35 bits per heavy atom. The summed E-state index contributed by atoms with van der Waals surface area (Å²) < 4.78 is 7.47. The number of benzene rings is 1. The van der Waals surface area contributed by atoms with Crippen LogP contribution in [0.15, 0.2) is 24.5 Å². The molecule has 1 N–H and O–H groups in total. The fraction of sp³-hybridized carbons (Fsp3) is 0.429. The van der Waals surface area contributed by atoms with Gasteiger partial charge in [0, 0.05) is 6.04 Å². The number of aliphatic hydroxyl groups is 1. The molecule has 1 atom stereocenters. The summed E-state index contributed by atoms with van der Waals surface area (Å²) in [6, 6.07) is 5.47. The van der Waals surface area contributed by atoms with Crippen LogP contribution in [0.1, 0.15) is 44.3 Å². The van der Waals surface area contributed by atoms with Crippen LogP contribution < -0.4 is 4.74 Å². The molecule has 0 fully saturated rings. The summed E-state index contributed by atoms with van der Waals surface area (Å²) in [6.45, 7) is 6.05. The highest BCUT2D eigenvalue weighted by atomic mass is 35.5. The first-order chi connectivity index (χ1) is 9.49. The number of halogens is 1. The molecule has 5 nitrogen and oxygen atoms in total. The molecular weight excluding hydrogens is 278 g/mol. The van der Waals surface area contributed by atoms with Crippen molar-refractivity contribution in [1.82, 2.24) is 14.8 Å². The van der Waals surface area contributed by atoms with E-state index in [1.807, 2.05) is 13.8 Å². The van der Waals surface area contributed by atoms with E-state index in [1.54, 1.807) is 29.8 Å². The van der Waals surface area contributed by atoms with Gasteiger partial charge in [0.1, 0.15) is 18.7 Å². The second-order valence-corrected chi connectivity index (χ2v) is 5.28. The molecule has 0 bridgehead atoms. The van der Waals surface area contributed by atoms with Gasteiger partial charge in [0.15, 0.2) is 5.82 Å². The minimum Gasteiger partial charge on any atom is -0.484 e. The Morgan fingerprint density at radius 2 is 2.10 bits per heavy atom. The van der Waals surface area contributed by atoms with Gasteiger partial charge < -0.3 is 9.84 Å². The van der Waals surface area contributed by atoms with E-state index in [1.165, 1.54) is 6.33 Å². The molecule has 1 unspecified atom stereocenters. The molecule has 2 rings (SSSR count). The van der Waals surface area contributed by atoms with Crippen LogP contribution in [0, 0.1) is 0 Å². The number of hydrogen-bond acceptors (Lipinski definition) is 4. The van der Waals surface area contributed by atoms with Crippen LogP contribution in [0.25, 0.3) is 0 Å². The zero-order chi connectivity index (χ0) is 14.7. The van der Waals surface area contributed by atoms with Crippen LogP contribution >= 0.6 is 11.6 Å². The summed E-state index contributed by atoms with van der Waals surface area (Å²) in [5.74, 6) is 1.31. The predicted molar refractivity (Wildman–Crippen MR) is 76.8 cm³/mol. The van der Waals surface area contributed by atoms with Gasteiger partial charge in [-0.25, -0.2) is 9.67 Å². The number of hydrogen-bond donors (Lipinski definition) is 1. The molecule has 0 aliphatic carbocycles. The normalized spacial score (nSPS) is 12.7. The SMILES string of the molecule is CC(O)c1ccc(OCc2ncnn2C(C)C)c(Cl)c1. The summed E-state index contributed by atoms with van der Waals surface area (Å²) in [5, 5.41) is 14.1. The summed E-state index contributed by atoms with van der Waals surface area (Å²) in [5.41, 5.74) is 0.757. The number of aromatic nitrogens is 3. The van der Waals surface area contributed by atoms with Crippen molar-refractivity contribution < 1.29 is 9.84 Å². The largest absolute Gasteiger partial charge is 0.484 e. The van der Waals surface area contributed by atoms with Crippen molar-refractivity contribution in [2.75, 3.05) is 0 Å². The van der Waals surface area contributed by atoms with E-state index in [0.29, 0.717) is 17.4 Å². The van der Waals surface area contributed by atoms with Gasteiger partial charge in [-0.3, -0.25) is 0 Å². The van der Waals surface area contributed by atoms with Crippen molar-refractivity contribution in [3.63, 3.8) is 0 Å². The zero-order valence-electron chi connectivity index (χ0n) is 11.7. The van der Waals surface area contributed by atoms with Crippen LogP contribution in [0.5, 0.6) is 5.75 Å². The molecule has 1 heterocycles. The van der Waals surface area contributed by atoms with Crippen molar-refractivity contribution >= 4 is 11.6 Å². The van der Waals surface area contributed by atoms with Crippen molar-refractivity contribution in [3.8, 4) is 5.75 Å². The summed E-state index contributed by atoms with van der Waals surface area (Å²) >= 11 is 6.14. The first-order valence-corrected chi connectivity index (χ1v) is 6.85. The van der Waals surface area contributed by atoms with Gasteiger partial charge in [-0.15, -0.1) is 0 Å². The molecule has 1 aromatic carbocycles. The number of nitrogens with zero attached hydrogens (tertiary/aromatic N) is 3. The van der Waals surface area contributed by atoms with E-state index in [-0.39, 0.29) is 6.04 Å². The van der Waals surface area contributed by atoms with Gasteiger partial charge in [-0.1, -0.05) is 17.7 Å². The molecule has 0 radical (unpaired) electrons. The number of ether oxygens (including phenoxy) is 1. The van der Waals surface area contributed by atoms with Gasteiger partial charge in [-0.05, 0) is 38.5 Å². The van der Waals surface area contributed by atoms with Crippen LogP contribution in [0.2, 0.25) is 5.02 Å². The molecule has 108 valence electrons. The molecule has 1 aromatic heterocycles. The van der Waals surface area contributed by atoms with Crippen molar-refractivity contribution in [1.29, 1.82) is 0 Å².